The smallest absolute Gasteiger partial charge is 0.0948 e. The summed E-state index contributed by atoms with van der Waals surface area (Å²) in [5.41, 5.74) is 1.29. The maximum absolute atomic E-state index is 5.23. The Hall–Kier alpha value is -0.910. The second-order valence-electron chi connectivity index (χ2n) is 5.19. The van der Waals surface area contributed by atoms with Gasteiger partial charge in [-0.3, -0.25) is 4.90 Å². The summed E-state index contributed by atoms with van der Waals surface area (Å²) < 4.78 is 7.44. The third-order valence-corrected chi connectivity index (χ3v) is 3.78. The first-order valence-electron chi connectivity index (χ1n) is 7.27. The monoisotopic (exact) mass is 266 g/mol. The number of imidazole rings is 1. The fraction of sp³-hybridized carbons (Fsp3) is 0.786. The lowest BCUT2D eigenvalue weighted by atomic mass is 10.2. The van der Waals surface area contributed by atoms with Crippen LogP contribution < -0.4 is 5.32 Å². The van der Waals surface area contributed by atoms with E-state index in [1.807, 2.05) is 12.5 Å². The van der Waals surface area contributed by atoms with Crippen LogP contribution in [0.4, 0.5) is 0 Å². The molecular weight excluding hydrogens is 240 g/mol. The molecule has 1 aromatic heterocycles. The largest absolute Gasteiger partial charge is 0.383 e. The molecule has 0 bridgehead atoms. The minimum atomic E-state index is 0.634. The lowest BCUT2D eigenvalue weighted by Gasteiger charge is -2.25. The highest BCUT2D eigenvalue weighted by Crippen LogP contribution is 2.10. The zero-order chi connectivity index (χ0) is 13.5. The summed E-state index contributed by atoms with van der Waals surface area (Å²) in [4.78, 5) is 6.72. The molecule has 0 amide bonds. The van der Waals surface area contributed by atoms with Crippen LogP contribution in [0, 0.1) is 0 Å². The molecule has 0 saturated carbocycles. The van der Waals surface area contributed by atoms with Crippen molar-refractivity contribution in [3.05, 3.63) is 18.2 Å². The van der Waals surface area contributed by atoms with Crippen LogP contribution in [-0.4, -0.2) is 53.8 Å². The number of aryl methyl sites for hydroxylation is 1. The van der Waals surface area contributed by atoms with Crippen LogP contribution in [0.3, 0.4) is 0 Å². The molecule has 1 unspecified atom stereocenters. The van der Waals surface area contributed by atoms with Gasteiger partial charge in [0, 0.05) is 45.5 Å². The van der Waals surface area contributed by atoms with Gasteiger partial charge in [0.1, 0.15) is 0 Å². The highest BCUT2D eigenvalue weighted by atomic mass is 16.5. The number of rotatable bonds is 8. The van der Waals surface area contributed by atoms with E-state index in [1.165, 1.54) is 18.5 Å². The molecule has 1 aliphatic heterocycles. The SMILES string of the molecule is CCn1cncc1CN(CCOC)CC1CCCN1. The van der Waals surface area contributed by atoms with Gasteiger partial charge in [-0.1, -0.05) is 0 Å². The molecule has 0 spiro atoms. The molecule has 5 nitrogen and oxygen atoms in total. The van der Waals surface area contributed by atoms with E-state index in [2.05, 4.69) is 26.7 Å². The molecule has 0 aromatic carbocycles. The molecule has 1 aliphatic rings. The summed E-state index contributed by atoms with van der Waals surface area (Å²) in [6, 6.07) is 0.634. The Bertz CT molecular complexity index is 360. The van der Waals surface area contributed by atoms with Crippen molar-refractivity contribution in [2.45, 2.75) is 38.9 Å². The van der Waals surface area contributed by atoms with E-state index < -0.39 is 0 Å². The topological polar surface area (TPSA) is 42.3 Å². The van der Waals surface area contributed by atoms with Crippen LogP contribution in [0.5, 0.6) is 0 Å². The lowest BCUT2D eigenvalue weighted by molar-refractivity contribution is 0.136. The maximum Gasteiger partial charge on any atom is 0.0948 e. The number of methoxy groups -OCH3 is 1. The van der Waals surface area contributed by atoms with Gasteiger partial charge < -0.3 is 14.6 Å². The molecule has 0 radical (unpaired) electrons. The molecule has 19 heavy (non-hydrogen) atoms. The average Bonchev–Trinajstić information content (AvgIpc) is 3.07. The number of ether oxygens (including phenoxy) is 1. The Labute approximate surface area is 116 Å². The van der Waals surface area contributed by atoms with Crippen molar-refractivity contribution in [2.24, 2.45) is 0 Å². The van der Waals surface area contributed by atoms with E-state index in [-0.39, 0.29) is 0 Å². The van der Waals surface area contributed by atoms with Crippen LogP contribution in [0.1, 0.15) is 25.5 Å². The van der Waals surface area contributed by atoms with Gasteiger partial charge in [0.25, 0.3) is 0 Å². The highest BCUT2D eigenvalue weighted by molar-refractivity contribution is 4.98. The van der Waals surface area contributed by atoms with Crippen molar-refractivity contribution in [2.75, 3.05) is 33.4 Å². The lowest BCUT2D eigenvalue weighted by Crippen LogP contribution is -2.39. The quantitative estimate of drug-likeness (QED) is 0.765. The van der Waals surface area contributed by atoms with Gasteiger partial charge in [-0.2, -0.15) is 0 Å². The number of hydrogen-bond donors (Lipinski definition) is 1. The Morgan fingerprint density at radius 1 is 1.58 bits per heavy atom. The van der Waals surface area contributed by atoms with Gasteiger partial charge >= 0.3 is 0 Å². The third-order valence-electron chi connectivity index (χ3n) is 3.78. The Kier molecular flexibility index (Phi) is 5.82. The van der Waals surface area contributed by atoms with E-state index >= 15 is 0 Å². The van der Waals surface area contributed by atoms with Gasteiger partial charge in [0.15, 0.2) is 0 Å². The van der Waals surface area contributed by atoms with Gasteiger partial charge in [-0.05, 0) is 26.3 Å². The second kappa shape index (κ2) is 7.62. The Morgan fingerprint density at radius 2 is 2.47 bits per heavy atom. The van der Waals surface area contributed by atoms with Crippen molar-refractivity contribution in [3.63, 3.8) is 0 Å². The average molecular weight is 266 g/mol. The van der Waals surface area contributed by atoms with E-state index in [0.717, 1.165) is 39.3 Å². The summed E-state index contributed by atoms with van der Waals surface area (Å²) in [7, 11) is 1.77. The van der Waals surface area contributed by atoms with E-state index in [4.69, 9.17) is 4.74 Å². The first kappa shape index (κ1) is 14.5. The fourth-order valence-electron chi connectivity index (χ4n) is 2.67. The number of nitrogens with zero attached hydrogens (tertiary/aromatic N) is 3. The first-order valence-corrected chi connectivity index (χ1v) is 7.27. The molecule has 2 rings (SSSR count). The molecule has 108 valence electrons. The Balaban J connectivity index is 1.92. The van der Waals surface area contributed by atoms with E-state index in [1.54, 1.807) is 7.11 Å². The zero-order valence-electron chi connectivity index (χ0n) is 12.1. The molecule has 1 saturated heterocycles. The molecule has 1 atom stereocenters. The molecule has 1 N–H and O–H groups in total. The molecule has 1 aromatic rings. The third kappa shape index (κ3) is 4.30. The van der Waals surface area contributed by atoms with Crippen molar-refractivity contribution >= 4 is 0 Å². The van der Waals surface area contributed by atoms with Gasteiger partial charge in [-0.25, -0.2) is 4.98 Å². The molecular formula is C14H26N4O. The first-order chi connectivity index (χ1) is 9.33. The van der Waals surface area contributed by atoms with Crippen LogP contribution in [0.15, 0.2) is 12.5 Å². The normalized spacial score (nSPS) is 19.4. The van der Waals surface area contributed by atoms with E-state index in [0.29, 0.717) is 6.04 Å². The van der Waals surface area contributed by atoms with Crippen LogP contribution in [0.2, 0.25) is 0 Å². The highest BCUT2D eigenvalue weighted by Gasteiger charge is 2.18. The van der Waals surface area contributed by atoms with Crippen molar-refractivity contribution in [1.29, 1.82) is 0 Å². The maximum atomic E-state index is 5.23. The minimum absolute atomic E-state index is 0.634. The molecule has 1 fully saturated rings. The van der Waals surface area contributed by atoms with Crippen LogP contribution >= 0.6 is 0 Å². The van der Waals surface area contributed by atoms with Crippen molar-refractivity contribution < 1.29 is 4.74 Å². The standard InChI is InChI=1S/C14H26N4O/c1-3-18-12-15-9-14(18)11-17(7-8-19-2)10-13-5-4-6-16-13/h9,12-13,16H,3-8,10-11H2,1-2H3. The van der Waals surface area contributed by atoms with Crippen LogP contribution in [0.25, 0.3) is 0 Å². The summed E-state index contributed by atoms with van der Waals surface area (Å²) in [6.45, 7) is 8.11. The minimum Gasteiger partial charge on any atom is -0.383 e. The van der Waals surface area contributed by atoms with Crippen molar-refractivity contribution in [1.82, 2.24) is 19.8 Å². The summed E-state index contributed by atoms with van der Waals surface area (Å²) in [5, 5.41) is 3.57. The zero-order valence-corrected chi connectivity index (χ0v) is 12.1. The predicted octanol–water partition coefficient (Wildman–Crippen LogP) is 1.10. The number of aromatic nitrogens is 2. The number of hydrogen-bond acceptors (Lipinski definition) is 4. The summed E-state index contributed by atoms with van der Waals surface area (Å²) in [6.07, 6.45) is 6.48. The van der Waals surface area contributed by atoms with Gasteiger partial charge in [0.05, 0.1) is 18.6 Å². The van der Waals surface area contributed by atoms with Gasteiger partial charge in [-0.15, -0.1) is 0 Å². The summed E-state index contributed by atoms with van der Waals surface area (Å²) in [5.74, 6) is 0. The predicted molar refractivity (Wildman–Crippen MR) is 76.1 cm³/mol. The van der Waals surface area contributed by atoms with Crippen LogP contribution in [-0.2, 0) is 17.8 Å². The summed E-state index contributed by atoms with van der Waals surface area (Å²) >= 11 is 0. The van der Waals surface area contributed by atoms with Crippen molar-refractivity contribution in [3.8, 4) is 0 Å². The molecule has 2 heterocycles. The molecule has 5 heteroatoms. The Morgan fingerprint density at radius 3 is 3.16 bits per heavy atom. The molecule has 0 aliphatic carbocycles. The van der Waals surface area contributed by atoms with E-state index in [9.17, 15) is 0 Å². The fourth-order valence-corrected chi connectivity index (χ4v) is 2.67. The van der Waals surface area contributed by atoms with Gasteiger partial charge in [0.2, 0.25) is 0 Å². The second-order valence-corrected chi connectivity index (χ2v) is 5.19. The number of nitrogens with one attached hydrogen (secondary N) is 1.